The SMILES string of the molecule is CC1=NOC(=O)/C1=C/c1c(OCc2cccc(F)c2)ccc2ccccc12. The summed E-state index contributed by atoms with van der Waals surface area (Å²) in [7, 11) is 0. The van der Waals surface area contributed by atoms with Gasteiger partial charge >= 0.3 is 5.97 Å². The molecular formula is C22H16FNO3. The van der Waals surface area contributed by atoms with E-state index < -0.39 is 5.97 Å². The summed E-state index contributed by atoms with van der Waals surface area (Å²) >= 11 is 0. The van der Waals surface area contributed by atoms with Crippen LogP contribution in [0.25, 0.3) is 16.8 Å². The van der Waals surface area contributed by atoms with E-state index in [1.807, 2.05) is 36.4 Å². The van der Waals surface area contributed by atoms with Crippen LogP contribution in [0.5, 0.6) is 5.75 Å². The summed E-state index contributed by atoms with van der Waals surface area (Å²) in [5.74, 6) is -0.202. The molecule has 0 unspecified atom stereocenters. The average molecular weight is 361 g/mol. The van der Waals surface area contributed by atoms with E-state index in [-0.39, 0.29) is 12.4 Å². The van der Waals surface area contributed by atoms with Gasteiger partial charge in [-0.25, -0.2) is 9.18 Å². The first-order valence-electron chi connectivity index (χ1n) is 8.49. The highest BCUT2D eigenvalue weighted by molar-refractivity contribution is 6.25. The Hall–Kier alpha value is -3.47. The highest BCUT2D eigenvalue weighted by Gasteiger charge is 2.23. The lowest BCUT2D eigenvalue weighted by Gasteiger charge is -2.13. The predicted molar refractivity (Wildman–Crippen MR) is 102 cm³/mol. The average Bonchev–Trinajstić information content (AvgIpc) is 2.99. The number of carbonyl (C=O) groups excluding carboxylic acids is 1. The minimum atomic E-state index is -0.489. The highest BCUT2D eigenvalue weighted by Crippen LogP contribution is 2.32. The fraction of sp³-hybridized carbons (Fsp3) is 0.0909. The number of ether oxygens (including phenoxy) is 1. The van der Waals surface area contributed by atoms with Crippen LogP contribution in [-0.2, 0) is 16.2 Å². The first-order valence-corrected chi connectivity index (χ1v) is 8.49. The summed E-state index contributed by atoms with van der Waals surface area (Å²) in [4.78, 5) is 16.7. The van der Waals surface area contributed by atoms with Crippen LogP contribution >= 0.6 is 0 Å². The van der Waals surface area contributed by atoms with Crippen LogP contribution < -0.4 is 4.74 Å². The smallest absolute Gasteiger partial charge is 0.367 e. The number of halogens is 1. The molecule has 0 fully saturated rings. The van der Waals surface area contributed by atoms with Crippen molar-refractivity contribution in [2.45, 2.75) is 13.5 Å². The second-order valence-corrected chi connectivity index (χ2v) is 6.23. The van der Waals surface area contributed by atoms with Gasteiger partial charge in [-0.3, -0.25) is 0 Å². The molecule has 134 valence electrons. The van der Waals surface area contributed by atoms with Gasteiger partial charge in [0.2, 0.25) is 0 Å². The number of hydrogen-bond acceptors (Lipinski definition) is 4. The second kappa shape index (κ2) is 7.03. The third-order valence-electron chi connectivity index (χ3n) is 4.38. The lowest BCUT2D eigenvalue weighted by molar-refractivity contribution is -0.136. The molecular weight excluding hydrogens is 345 g/mol. The maximum Gasteiger partial charge on any atom is 0.367 e. The third-order valence-corrected chi connectivity index (χ3v) is 4.38. The van der Waals surface area contributed by atoms with Gasteiger partial charge in [-0.05, 0) is 47.5 Å². The molecule has 0 amide bonds. The number of nitrogens with zero attached hydrogens (tertiary/aromatic N) is 1. The molecule has 5 heteroatoms. The summed E-state index contributed by atoms with van der Waals surface area (Å²) in [6.07, 6.45) is 1.73. The topological polar surface area (TPSA) is 47.9 Å². The van der Waals surface area contributed by atoms with Gasteiger partial charge in [0.1, 0.15) is 18.2 Å². The van der Waals surface area contributed by atoms with Gasteiger partial charge < -0.3 is 9.57 Å². The monoisotopic (exact) mass is 361 g/mol. The lowest BCUT2D eigenvalue weighted by Crippen LogP contribution is -2.03. The minimum Gasteiger partial charge on any atom is -0.488 e. The van der Waals surface area contributed by atoms with Gasteiger partial charge in [0.05, 0.1) is 11.3 Å². The lowest BCUT2D eigenvalue weighted by atomic mass is 10.00. The number of carbonyl (C=O) groups is 1. The summed E-state index contributed by atoms with van der Waals surface area (Å²) in [5.41, 5.74) is 2.39. The van der Waals surface area contributed by atoms with Crippen LogP contribution in [0, 0.1) is 5.82 Å². The van der Waals surface area contributed by atoms with Crippen molar-refractivity contribution >= 4 is 28.5 Å². The molecule has 1 aliphatic heterocycles. The number of hydrogen-bond donors (Lipinski definition) is 0. The molecule has 0 saturated carbocycles. The Balaban J connectivity index is 1.77. The van der Waals surface area contributed by atoms with Crippen molar-refractivity contribution in [2.75, 3.05) is 0 Å². The molecule has 4 rings (SSSR count). The number of rotatable bonds is 4. The fourth-order valence-corrected chi connectivity index (χ4v) is 3.00. The quantitative estimate of drug-likeness (QED) is 0.492. The van der Waals surface area contributed by atoms with Crippen LogP contribution in [0.3, 0.4) is 0 Å². The van der Waals surface area contributed by atoms with Gasteiger partial charge in [-0.1, -0.05) is 47.6 Å². The van der Waals surface area contributed by atoms with Crippen molar-refractivity contribution in [3.63, 3.8) is 0 Å². The Labute approximate surface area is 155 Å². The molecule has 3 aromatic carbocycles. The first-order chi connectivity index (χ1) is 13.1. The molecule has 0 aromatic heterocycles. The van der Waals surface area contributed by atoms with Gasteiger partial charge in [-0.15, -0.1) is 0 Å². The van der Waals surface area contributed by atoms with E-state index in [1.165, 1.54) is 12.1 Å². The molecule has 0 N–H and O–H groups in total. The Morgan fingerprint density at radius 2 is 1.96 bits per heavy atom. The van der Waals surface area contributed by atoms with Gasteiger partial charge in [0.15, 0.2) is 0 Å². The van der Waals surface area contributed by atoms with Gasteiger partial charge in [-0.2, -0.15) is 0 Å². The molecule has 0 radical (unpaired) electrons. The van der Waals surface area contributed by atoms with Crippen molar-refractivity contribution in [3.05, 3.63) is 83.2 Å². The molecule has 1 aliphatic rings. The molecule has 27 heavy (non-hydrogen) atoms. The zero-order chi connectivity index (χ0) is 18.8. The number of fused-ring (bicyclic) bond motifs is 1. The van der Waals surface area contributed by atoms with Gasteiger partial charge in [0.25, 0.3) is 0 Å². The molecule has 3 aromatic rings. The molecule has 1 heterocycles. The van der Waals surface area contributed by atoms with E-state index in [1.54, 1.807) is 25.1 Å². The standard InChI is InChI=1S/C22H16FNO3/c1-14-19(22(25)27-24-14)12-20-18-8-3-2-6-16(18)9-10-21(20)26-13-15-5-4-7-17(23)11-15/h2-12H,13H2,1H3/b19-12+. The summed E-state index contributed by atoms with van der Waals surface area (Å²) in [6, 6.07) is 17.9. The molecule has 0 spiro atoms. The maximum absolute atomic E-state index is 13.4. The first kappa shape index (κ1) is 17.0. The van der Waals surface area contributed by atoms with E-state index in [0.29, 0.717) is 17.0 Å². The normalized spacial score (nSPS) is 15.1. The Morgan fingerprint density at radius 3 is 2.74 bits per heavy atom. The Bertz CT molecular complexity index is 1100. The van der Waals surface area contributed by atoms with E-state index in [0.717, 1.165) is 21.9 Å². The van der Waals surface area contributed by atoms with Crippen molar-refractivity contribution in [1.29, 1.82) is 0 Å². The molecule has 0 saturated heterocycles. The molecule has 0 aliphatic carbocycles. The van der Waals surface area contributed by atoms with Crippen molar-refractivity contribution in [2.24, 2.45) is 5.16 Å². The van der Waals surface area contributed by atoms with Crippen molar-refractivity contribution in [1.82, 2.24) is 0 Å². The van der Waals surface area contributed by atoms with E-state index in [2.05, 4.69) is 5.16 Å². The van der Waals surface area contributed by atoms with Crippen LogP contribution in [-0.4, -0.2) is 11.7 Å². The molecule has 0 bridgehead atoms. The minimum absolute atomic E-state index is 0.212. The van der Waals surface area contributed by atoms with Crippen molar-refractivity contribution in [3.8, 4) is 5.75 Å². The highest BCUT2D eigenvalue weighted by atomic mass is 19.1. The second-order valence-electron chi connectivity index (χ2n) is 6.23. The zero-order valence-electron chi connectivity index (χ0n) is 14.6. The van der Waals surface area contributed by atoms with Gasteiger partial charge in [0, 0.05) is 5.56 Å². The maximum atomic E-state index is 13.4. The van der Waals surface area contributed by atoms with Crippen LogP contribution in [0.4, 0.5) is 4.39 Å². The van der Waals surface area contributed by atoms with Crippen molar-refractivity contribution < 1.29 is 18.8 Å². The largest absolute Gasteiger partial charge is 0.488 e. The Kier molecular flexibility index (Phi) is 4.42. The van der Waals surface area contributed by atoms with Crippen LogP contribution in [0.1, 0.15) is 18.1 Å². The predicted octanol–water partition coefficient (Wildman–Crippen LogP) is 4.87. The molecule has 0 atom stereocenters. The fourth-order valence-electron chi connectivity index (χ4n) is 3.00. The van der Waals surface area contributed by atoms with E-state index in [9.17, 15) is 9.18 Å². The summed E-state index contributed by atoms with van der Waals surface area (Å²) in [6.45, 7) is 1.93. The summed E-state index contributed by atoms with van der Waals surface area (Å²) in [5, 5.41) is 5.68. The molecule has 4 nitrogen and oxygen atoms in total. The summed E-state index contributed by atoms with van der Waals surface area (Å²) < 4.78 is 19.4. The zero-order valence-corrected chi connectivity index (χ0v) is 14.6. The van der Waals surface area contributed by atoms with E-state index in [4.69, 9.17) is 9.57 Å². The van der Waals surface area contributed by atoms with Crippen LogP contribution in [0.2, 0.25) is 0 Å². The van der Waals surface area contributed by atoms with E-state index >= 15 is 0 Å². The third kappa shape index (κ3) is 3.44. The Morgan fingerprint density at radius 1 is 1.11 bits per heavy atom. The van der Waals surface area contributed by atoms with Crippen LogP contribution in [0.15, 0.2) is 71.4 Å². The number of benzene rings is 3. The number of oxime groups is 1.